The van der Waals surface area contributed by atoms with Gasteiger partial charge < -0.3 is 0 Å². The van der Waals surface area contributed by atoms with E-state index in [1.165, 1.54) is 12.1 Å². The number of benzene rings is 3. The summed E-state index contributed by atoms with van der Waals surface area (Å²) in [4.78, 5) is 38.6. The van der Waals surface area contributed by atoms with Crippen LogP contribution >= 0.6 is 11.6 Å². The fourth-order valence-electron chi connectivity index (χ4n) is 5.89. The average Bonchev–Trinajstić information content (AvgIpc) is 3.06. The summed E-state index contributed by atoms with van der Waals surface area (Å²) in [6, 6.07) is 19.8. The Morgan fingerprint density at radius 3 is 2.12 bits per heavy atom. The summed E-state index contributed by atoms with van der Waals surface area (Å²) in [6.07, 6.45) is 0. The van der Waals surface area contributed by atoms with Crippen molar-refractivity contribution < 1.29 is 14.5 Å². The monoisotopic (exact) mass is 444 g/mol. The summed E-state index contributed by atoms with van der Waals surface area (Å²) in [6.45, 7) is 1.73. The van der Waals surface area contributed by atoms with Gasteiger partial charge in [-0.25, -0.2) is 4.90 Å². The lowest BCUT2D eigenvalue weighted by atomic mass is 9.54. The van der Waals surface area contributed by atoms with Crippen LogP contribution < -0.4 is 4.90 Å². The zero-order chi connectivity index (χ0) is 22.4. The molecule has 158 valence electrons. The Bertz CT molecular complexity index is 1320. The molecule has 2 bridgehead atoms. The van der Waals surface area contributed by atoms with Crippen LogP contribution in [0.1, 0.15) is 33.7 Å². The molecular weight excluding hydrogens is 428 g/mol. The SMILES string of the molecule is Cc1ccc(N2C(=O)[C@@H]3[C@@H](C2=O)C2c4ccccc4C3(Cl)c3ccccc32)c([N+](=O)[O-])c1. The minimum atomic E-state index is -1.21. The smallest absolute Gasteiger partial charge is 0.274 e. The van der Waals surface area contributed by atoms with E-state index in [1.807, 2.05) is 48.5 Å². The van der Waals surface area contributed by atoms with Crippen molar-refractivity contribution in [3.05, 3.63) is 105 Å². The lowest BCUT2D eigenvalue weighted by molar-refractivity contribution is -0.384. The van der Waals surface area contributed by atoms with Crippen molar-refractivity contribution in [2.75, 3.05) is 4.90 Å². The van der Waals surface area contributed by atoms with Crippen LogP contribution in [0.25, 0.3) is 0 Å². The average molecular weight is 445 g/mol. The van der Waals surface area contributed by atoms with Gasteiger partial charge in [0, 0.05) is 12.0 Å². The van der Waals surface area contributed by atoms with E-state index >= 15 is 0 Å². The topological polar surface area (TPSA) is 80.5 Å². The predicted molar refractivity (Wildman–Crippen MR) is 119 cm³/mol. The zero-order valence-electron chi connectivity index (χ0n) is 17.0. The third-order valence-electron chi connectivity index (χ3n) is 7.08. The molecule has 1 saturated heterocycles. The van der Waals surface area contributed by atoms with Crippen LogP contribution in [0.5, 0.6) is 0 Å². The molecule has 0 unspecified atom stereocenters. The second-order valence-electron chi connectivity index (χ2n) is 8.63. The molecule has 0 spiro atoms. The Morgan fingerprint density at radius 1 is 0.938 bits per heavy atom. The maximum absolute atomic E-state index is 13.8. The number of nitrogens with zero attached hydrogens (tertiary/aromatic N) is 2. The van der Waals surface area contributed by atoms with Crippen molar-refractivity contribution >= 4 is 34.8 Å². The molecule has 0 aromatic heterocycles. The summed E-state index contributed by atoms with van der Waals surface area (Å²) < 4.78 is 0. The number of imide groups is 1. The molecular formula is C25H17ClN2O4. The highest BCUT2D eigenvalue weighted by atomic mass is 35.5. The largest absolute Gasteiger partial charge is 0.293 e. The minimum Gasteiger partial charge on any atom is -0.274 e. The van der Waals surface area contributed by atoms with Crippen LogP contribution in [0, 0.1) is 28.9 Å². The lowest BCUT2D eigenvalue weighted by Gasteiger charge is -2.50. The van der Waals surface area contributed by atoms with Crippen molar-refractivity contribution in [2.24, 2.45) is 11.8 Å². The minimum absolute atomic E-state index is 0.00206. The number of nitro groups is 1. The van der Waals surface area contributed by atoms with Crippen LogP contribution in [-0.4, -0.2) is 16.7 Å². The van der Waals surface area contributed by atoms with Crippen molar-refractivity contribution in [3.63, 3.8) is 0 Å². The number of carbonyl (C=O) groups excluding carboxylic acids is 2. The van der Waals surface area contributed by atoms with Crippen LogP contribution in [-0.2, 0) is 14.5 Å². The first kappa shape index (κ1) is 19.2. The number of aryl methyl sites for hydroxylation is 1. The second-order valence-corrected chi connectivity index (χ2v) is 9.22. The van der Waals surface area contributed by atoms with E-state index < -0.39 is 33.4 Å². The van der Waals surface area contributed by atoms with E-state index in [-0.39, 0.29) is 17.3 Å². The summed E-state index contributed by atoms with van der Waals surface area (Å²) in [7, 11) is 0. The number of anilines is 1. The van der Waals surface area contributed by atoms with Crippen molar-refractivity contribution in [1.82, 2.24) is 0 Å². The standard InChI is InChI=1S/C25H17ClN2O4/c1-13-10-11-18(19(12-13)28(31)32)27-23(29)21-20-14-6-2-4-8-16(14)25(26,22(21)24(27)30)17-9-5-3-7-15(17)20/h2-12,20-22H,1H3/t20?,21-,22-,25?/m0/s1. The van der Waals surface area contributed by atoms with Gasteiger partial charge in [0.25, 0.3) is 5.69 Å². The maximum Gasteiger partial charge on any atom is 0.293 e. The molecule has 3 aromatic carbocycles. The van der Waals surface area contributed by atoms with Crippen LogP contribution in [0.2, 0.25) is 0 Å². The molecule has 32 heavy (non-hydrogen) atoms. The Kier molecular flexibility index (Phi) is 3.76. The van der Waals surface area contributed by atoms with Gasteiger partial charge in [0.1, 0.15) is 10.6 Å². The molecule has 1 fully saturated rings. The normalized spacial score (nSPS) is 27.2. The van der Waals surface area contributed by atoms with Crippen molar-refractivity contribution in [3.8, 4) is 0 Å². The fourth-order valence-corrected chi connectivity index (χ4v) is 6.46. The van der Waals surface area contributed by atoms with Gasteiger partial charge in [-0.2, -0.15) is 0 Å². The van der Waals surface area contributed by atoms with Gasteiger partial charge in [0.05, 0.1) is 16.8 Å². The predicted octanol–water partition coefficient (Wildman–Crippen LogP) is 4.65. The first-order valence-corrected chi connectivity index (χ1v) is 10.7. The number of alkyl halides is 1. The summed E-state index contributed by atoms with van der Waals surface area (Å²) >= 11 is 7.37. The van der Waals surface area contributed by atoms with E-state index in [2.05, 4.69) is 0 Å². The van der Waals surface area contributed by atoms with Gasteiger partial charge >= 0.3 is 0 Å². The quantitative estimate of drug-likeness (QED) is 0.249. The molecule has 1 heterocycles. The molecule has 6 nitrogen and oxygen atoms in total. The molecule has 0 radical (unpaired) electrons. The summed E-state index contributed by atoms with van der Waals surface area (Å²) in [5, 5.41) is 11.7. The van der Waals surface area contributed by atoms with Crippen LogP contribution in [0.3, 0.4) is 0 Å². The Labute approximate surface area is 188 Å². The highest BCUT2D eigenvalue weighted by Gasteiger charge is 2.68. The van der Waals surface area contributed by atoms with Gasteiger partial charge in [-0.3, -0.25) is 19.7 Å². The second kappa shape index (κ2) is 6.26. The van der Waals surface area contributed by atoms with Gasteiger partial charge in [-0.15, -0.1) is 11.6 Å². The number of amides is 2. The molecule has 0 N–H and O–H groups in total. The number of rotatable bonds is 2. The highest BCUT2D eigenvalue weighted by molar-refractivity contribution is 6.33. The molecule has 4 aliphatic rings. The third kappa shape index (κ3) is 2.15. The molecule has 1 aliphatic heterocycles. The molecule has 0 saturated carbocycles. The molecule has 7 rings (SSSR count). The van der Waals surface area contributed by atoms with Crippen molar-refractivity contribution in [2.45, 2.75) is 17.7 Å². The highest BCUT2D eigenvalue weighted by Crippen LogP contribution is 2.66. The van der Waals surface area contributed by atoms with Crippen LogP contribution in [0.4, 0.5) is 11.4 Å². The zero-order valence-corrected chi connectivity index (χ0v) is 17.7. The van der Waals surface area contributed by atoms with E-state index in [0.717, 1.165) is 27.2 Å². The third-order valence-corrected chi connectivity index (χ3v) is 7.73. The van der Waals surface area contributed by atoms with E-state index in [4.69, 9.17) is 11.6 Å². The number of hydrogen-bond donors (Lipinski definition) is 0. The van der Waals surface area contributed by atoms with Gasteiger partial charge in [-0.05, 0) is 40.8 Å². The lowest BCUT2D eigenvalue weighted by Crippen LogP contribution is -2.50. The summed E-state index contributed by atoms with van der Waals surface area (Å²) in [5.41, 5.74) is 3.92. The molecule has 3 aromatic rings. The fraction of sp³-hybridized carbons (Fsp3) is 0.200. The van der Waals surface area contributed by atoms with Crippen molar-refractivity contribution in [1.29, 1.82) is 0 Å². The molecule has 7 heteroatoms. The molecule has 3 aliphatic carbocycles. The Hall–Kier alpha value is -3.51. The summed E-state index contributed by atoms with van der Waals surface area (Å²) in [5.74, 6) is -2.82. The number of halogens is 1. The number of carbonyl (C=O) groups is 2. The number of hydrogen-bond acceptors (Lipinski definition) is 4. The first-order chi connectivity index (χ1) is 15.4. The van der Waals surface area contributed by atoms with E-state index in [1.54, 1.807) is 13.0 Å². The Balaban J connectivity index is 1.61. The van der Waals surface area contributed by atoms with Gasteiger partial charge in [-0.1, -0.05) is 54.6 Å². The van der Waals surface area contributed by atoms with Crippen LogP contribution in [0.15, 0.2) is 66.7 Å². The first-order valence-electron chi connectivity index (χ1n) is 10.4. The van der Waals surface area contributed by atoms with E-state index in [9.17, 15) is 19.7 Å². The van der Waals surface area contributed by atoms with Gasteiger partial charge in [0.2, 0.25) is 11.8 Å². The number of nitro benzene ring substituents is 1. The molecule has 2 amide bonds. The Morgan fingerprint density at radius 2 is 1.53 bits per heavy atom. The van der Waals surface area contributed by atoms with Gasteiger partial charge in [0.15, 0.2) is 0 Å². The maximum atomic E-state index is 13.8. The van der Waals surface area contributed by atoms with E-state index in [0.29, 0.717) is 5.56 Å². The molecule has 2 atom stereocenters.